The first-order valence-electron chi connectivity index (χ1n) is 7.45. The first kappa shape index (κ1) is 16.4. The van der Waals surface area contributed by atoms with Crippen LogP contribution in [0.1, 0.15) is 29.8 Å². The zero-order chi connectivity index (χ0) is 16.7. The van der Waals surface area contributed by atoms with Crippen molar-refractivity contribution >= 4 is 11.6 Å². The van der Waals surface area contributed by atoms with E-state index in [1.165, 1.54) is 0 Å². The number of carbonyl (C=O) groups is 1. The summed E-state index contributed by atoms with van der Waals surface area (Å²) in [6.07, 6.45) is 5.37. The van der Waals surface area contributed by atoms with Crippen molar-refractivity contribution in [3.05, 3.63) is 53.6 Å². The van der Waals surface area contributed by atoms with Gasteiger partial charge in [-0.2, -0.15) is 0 Å². The van der Waals surface area contributed by atoms with Gasteiger partial charge in [0.2, 0.25) is 0 Å². The summed E-state index contributed by atoms with van der Waals surface area (Å²) in [5, 5.41) is 2.82. The van der Waals surface area contributed by atoms with Crippen molar-refractivity contribution in [1.82, 2.24) is 0 Å². The highest BCUT2D eigenvalue weighted by atomic mass is 16.5. The maximum atomic E-state index is 12.4. The van der Waals surface area contributed by atoms with Crippen LogP contribution in [0.2, 0.25) is 0 Å². The van der Waals surface area contributed by atoms with E-state index in [1.54, 1.807) is 42.5 Å². The minimum absolute atomic E-state index is 0.233. The lowest BCUT2D eigenvalue weighted by Crippen LogP contribution is -2.12. The molecule has 2 aromatic carbocycles. The number of anilines is 1. The quantitative estimate of drug-likeness (QED) is 0.827. The average molecular weight is 309 g/mol. The number of rotatable bonds is 6. The van der Waals surface area contributed by atoms with Gasteiger partial charge in [0.25, 0.3) is 5.91 Å². The zero-order valence-corrected chi connectivity index (χ0v) is 13.3. The number of benzene rings is 2. The third-order valence-electron chi connectivity index (χ3n) is 3.09. The molecule has 0 spiro atoms. The Kier molecular flexibility index (Phi) is 5.65. The molecule has 0 heterocycles. The Hall–Kier alpha value is -2.93. The molecule has 1 N–H and O–H groups in total. The summed E-state index contributed by atoms with van der Waals surface area (Å²) in [6, 6.07) is 12.3. The van der Waals surface area contributed by atoms with E-state index in [2.05, 4.69) is 11.2 Å². The fraction of sp³-hybridized carbons (Fsp3) is 0.211. The second kappa shape index (κ2) is 7.90. The molecule has 2 aromatic rings. The van der Waals surface area contributed by atoms with Gasteiger partial charge in [0, 0.05) is 16.8 Å². The van der Waals surface area contributed by atoms with E-state index >= 15 is 0 Å². The topological polar surface area (TPSA) is 47.6 Å². The standard InChI is InChI=1S/C19H19NO3/c1-4-14-8-7-9-16(12-14)20-19(21)15-10-11-17(22-5-2)18(13-15)23-6-3/h1,7-13H,5-6H2,2-3H3,(H,20,21). The van der Waals surface area contributed by atoms with Gasteiger partial charge >= 0.3 is 0 Å². The van der Waals surface area contributed by atoms with Crippen LogP contribution in [0, 0.1) is 12.3 Å². The Balaban J connectivity index is 2.21. The lowest BCUT2D eigenvalue weighted by Gasteiger charge is -2.12. The van der Waals surface area contributed by atoms with Crippen LogP contribution >= 0.6 is 0 Å². The molecule has 0 atom stereocenters. The van der Waals surface area contributed by atoms with Crippen LogP contribution in [-0.4, -0.2) is 19.1 Å². The summed E-state index contributed by atoms with van der Waals surface area (Å²) in [5.74, 6) is 3.49. The van der Waals surface area contributed by atoms with Crippen LogP contribution in [-0.2, 0) is 0 Å². The van der Waals surface area contributed by atoms with Gasteiger partial charge in [0.1, 0.15) is 0 Å². The van der Waals surface area contributed by atoms with Crippen molar-refractivity contribution in [1.29, 1.82) is 0 Å². The summed E-state index contributed by atoms with van der Waals surface area (Å²) in [6.45, 7) is 4.81. The highest BCUT2D eigenvalue weighted by Gasteiger charge is 2.12. The Labute approximate surface area is 136 Å². The fourth-order valence-electron chi connectivity index (χ4n) is 2.08. The number of nitrogens with one attached hydrogen (secondary N) is 1. The van der Waals surface area contributed by atoms with Gasteiger partial charge in [-0.05, 0) is 50.2 Å². The minimum Gasteiger partial charge on any atom is -0.490 e. The molecule has 2 rings (SSSR count). The molecule has 0 saturated heterocycles. The molecule has 4 heteroatoms. The molecule has 0 aliphatic heterocycles. The molecule has 0 aromatic heterocycles. The Morgan fingerprint density at radius 3 is 2.52 bits per heavy atom. The molecule has 0 aliphatic rings. The summed E-state index contributed by atoms with van der Waals surface area (Å²) < 4.78 is 11.0. The van der Waals surface area contributed by atoms with E-state index in [1.807, 2.05) is 13.8 Å². The molecule has 0 bridgehead atoms. The molecular formula is C19H19NO3. The van der Waals surface area contributed by atoms with E-state index in [-0.39, 0.29) is 5.91 Å². The molecule has 118 valence electrons. The van der Waals surface area contributed by atoms with Crippen LogP contribution in [0.3, 0.4) is 0 Å². The largest absolute Gasteiger partial charge is 0.490 e. The Morgan fingerprint density at radius 1 is 1.09 bits per heavy atom. The normalized spacial score (nSPS) is 9.78. The van der Waals surface area contributed by atoms with Gasteiger partial charge in [-0.25, -0.2) is 0 Å². The van der Waals surface area contributed by atoms with E-state index in [0.29, 0.717) is 41.5 Å². The highest BCUT2D eigenvalue weighted by Crippen LogP contribution is 2.28. The minimum atomic E-state index is -0.233. The smallest absolute Gasteiger partial charge is 0.255 e. The predicted octanol–water partition coefficient (Wildman–Crippen LogP) is 3.72. The van der Waals surface area contributed by atoms with Crippen molar-refractivity contribution in [3.63, 3.8) is 0 Å². The third kappa shape index (κ3) is 4.27. The maximum Gasteiger partial charge on any atom is 0.255 e. The van der Waals surface area contributed by atoms with Gasteiger partial charge in [-0.15, -0.1) is 6.42 Å². The van der Waals surface area contributed by atoms with Crippen LogP contribution in [0.15, 0.2) is 42.5 Å². The third-order valence-corrected chi connectivity index (χ3v) is 3.09. The van der Waals surface area contributed by atoms with Crippen LogP contribution < -0.4 is 14.8 Å². The Morgan fingerprint density at radius 2 is 1.83 bits per heavy atom. The van der Waals surface area contributed by atoms with E-state index in [0.717, 1.165) is 0 Å². The summed E-state index contributed by atoms with van der Waals surface area (Å²) in [7, 11) is 0. The average Bonchev–Trinajstić information content (AvgIpc) is 2.57. The summed E-state index contributed by atoms with van der Waals surface area (Å²) in [5.41, 5.74) is 1.85. The number of carbonyl (C=O) groups excluding carboxylic acids is 1. The second-order valence-electron chi connectivity index (χ2n) is 4.71. The number of amides is 1. The van der Waals surface area contributed by atoms with Crippen LogP contribution in [0.5, 0.6) is 11.5 Å². The fourth-order valence-corrected chi connectivity index (χ4v) is 2.08. The number of terminal acetylenes is 1. The van der Waals surface area contributed by atoms with Crippen LogP contribution in [0.4, 0.5) is 5.69 Å². The van der Waals surface area contributed by atoms with E-state index in [4.69, 9.17) is 15.9 Å². The van der Waals surface area contributed by atoms with Gasteiger partial charge in [-0.1, -0.05) is 12.0 Å². The molecule has 1 amide bonds. The highest BCUT2D eigenvalue weighted by molar-refractivity contribution is 6.04. The molecule has 4 nitrogen and oxygen atoms in total. The first-order chi connectivity index (χ1) is 11.2. The lowest BCUT2D eigenvalue weighted by molar-refractivity contribution is 0.102. The molecular weight excluding hydrogens is 290 g/mol. The lowest BCUT2D eigenvalue weighted by atomic mass is 10.1. The molecule has 0 unspecified atom stereocenters. The van der Waals surface area contributed by atoms with Crippen LogP contribution in [0.25, 0.3) is 0 Å². The van der Waals surface area contributed by atoms with E-state index < -0.39 is 0 Å². The SMILES string of the molecule is C#Cc1cccc(NC(=O)c2ccc(OCC)c(OCC)c2)c1. The summed E-state index contributed by atoms with van der Waals surface area (Å²) in [4.78, 5) is 12.4. The maximum absolute atomic E-state index is 12.4. The molecule has 0 fully saturated rings. The van der Waals surface area contributed by atoms with E-state index in [9.17, 15) is 4.79 Å². The van der Waals surface area contributed by atoms with Gasteiger partial charge in [0.05, 0.1) is 13.2 Å². The first-order valence-corrected chi connectivity index (χ1v) is 7.45. The van der Waals surface area contributed by atoms with Gasteiger partial charge in [-0.3, -0.25) is 4.79 Å². The number of ether oxygens (including phenoxy) is 2. The van der Waals surface area contributed by atoms with Crippen molar-refractivity contribution < 1.29 is 14.3 Å². The molecule has 23 heavy (non-hydrogen) atoms. The molecule has 0 saturated carbocycles. The van der Waals surface area contributed by atoms with Crippen molar-refractivity contribution in [3.8, 4) is 23.8 Å². The molecule has 0 radical (unpaired) electrons. The van der Waals surface area contributed by atoms with Crippen molar-refractivity contribution in [2.45, 2.75) is 13.8 Å². The Bertz CT molecular complexity index is 732. The summed E-state index contributed by atoms with van der Waals surface area (Å²) >= 11 is 0. The second-order valence-corrected chi connectivity index (χ2v) is 4.71. The van der Waals surface area contributed by atoms with Gasteiger partial charge in [0.15, 0.2) is 11.5 Å². The monoisotopic (exact) mass is 309 g/mol. The zero-order valence-electron chi connectivity index (χ0n) is 13.3. The number of hydrogen-bond acceptors (Lipinski definition) is 3. The molecule has 0 aliphatic carbocycles. The van der Waals surface area contributed by atoms with Crippen molar-refractivity contribution in [2.75, 3.05) is 18.5 Å². The van der Waals surface area contributed by atoms with Crippen molar-refractivity contribution in [2.24, 2.45) is 0 Å². The number of hydrogen-bond donors (Lipinski definition) is 1. The predicted molar refractivity (Wildman–Crippen MR) is 91.1 cm³/mol. The van der Waals surface area contributed by atoms with Gasteiger partial charge < -0.3 is 14.8 Å².